The van der Waals surface area contributed by atoms with Gasteiger partial charge in [-0.3, -0.25) is 0 Å². The summed E-state index contributed by atoms with van der Waals surface area (Å²) in [6.45, 7) is 0. The van der Waals surface area contributed by atoms with E-state index in [2.05, 4.69) is 0 Å². The maximum Gasteiger partial charge on any atom is 2.00 e. The van der Waals surface area contributed by atoms with Crippen molar-refractivity contribution in [3.05, 3.63) is 0 Å². The van der Waals surface area contributed by atoms with Crippen molar-refractivity contribution in [1.29, 1.82) is 0 Å². The molecule has 0 atom stereocenters. The smallest absolute Gasteiger partial charge is 1.00 e. The molecule has 0 unspecified atom stereocenters. The van der Waals surface area contributed by atoms with Crippen molar-refractivity contribution in [2.24, 2.45) is 0 Å². The first-order chi connectivity index (χ1) is 0. The molecule has 0 rings (SSSR count). The third-order valence-corrected chi connectivity index (χ3v) is 0. The van der Waals surface area contributed by atoms with Crippen molar-refractivity contribution in [3.8, 4) is 0 Å². The SMILES string of the molecule is O.[Ca+2].[Cu].[H-].[H-].[La].[Ti]. The molecule has 0 heterocycles. The summed E-state index contributed by atoms with van der Waals surface area (Å²) in [6.07, 6.45) is 0. The Labute approximate surface area is 118 Å². The van der Waals surface area contributed by atoms with Gasteiger partial charge < -0.3 is 8.33 Å². The van der Waals surface area contributed by atoms with E-state index in [1.807, 2.05) is 0 Å². The van der Waals surface area contributed by atoms with Crippen molar-refractivity contribution < 1.29 is 82.7 Å². The molecule has 0 amide bonds. The Kier molecular flexibility index (Phi) is 193. The van der Waals surface area contributed by atoms with Crippen LogP contribution >= 0.6 is 0 Å². The van der Waals surface area contributed by atoms with Crippen molar-refractivity contribution in [1.82, 2.24) is 0 Å². The van der Waals surface area contributed by atoms with Gasteiger partial charge in [0.1, 0.15) is 0 Å². The van der Waals surface area contributed by atoms with Gasteiger partial charge in [0.15, 0.2) is 0 Å². The second kappa shape index (κ2) is 25.4. The van der Waals surface area contributed by atoms with E-state index in [4.69, 9.17) is 0 Å². The van der Waals surface area contributed by atoms with Gasteiger partial charge in [-0.25, -0.2) is 0 Å². The predicted octanol–water partition coefficient (Wildman–Crippen LogP) is -0.986. The summed E-state index contributed by atoms with van der Waals surface area (Å²) >= 11 is 0. The van der Waals surface area contributed by atoms with Gasteiger partial charge in [0, 0.05) is 74.4 Å². The Morgan fingerprint density at radius 1 is 1.20 bits per heavy atom. The summed E-state index contributed by atoms with van der Waals surface area (Å²) in [4.78, 5) is 0. The van der Waals surface area contributed by atoms with Crippen LogP contribution in [-0.2, 0) is 38.8 Å². The summed E-state index contributed by atoms with van der Waals surface area (Å²) in [5.74, 6) is 0. The average molecular weight is 310 g/mol. The molecule has 0 bridgehead atoms. The third-order valence-electron chi connectivity index (χ3n) is 0. The minimum absolute atomic E-state index is 0. The second-order valence-corrected chi connectivity index (χ2v) is 0. The second-order valence-electron chi connectivity index (χ2n) is 0. The van der Waals surface area contributed by atoms with Gasteiger partial charge in [-0.05, 0) is 0 Å². The van der Waals surface area contributed by atoms with Crippen LogP contribution in [0.2, 0.25) is 0 Å². The molecule has 0 saturated heterocycles. The topological polar surface area (TPSA) is 31.5 Å². The Morgan fingerprint density at radius 3 is 1.20 bits per heavy atom. The first kappa shape index (κ1) is 38.0. The van der Waals surface area contributed by atoms with Crippen LogP contribution in [0.15, 0.2) is 0 Å². The maximum atomic E-state index is 0. The molecule has 0 spiro atoms. The van der Waals surface area contributed by atoms with Gasteiger partial charge in [0.25, 0.3) is 0 Å². The first-order valence-electron chi connectivity index (χ1n) is 0. The van der Waals surface area contributed by atoms with Crippen LogP contribution in [0.4, 0.5) is 0 Å². The fourth-order valence-corrected chi connectivity index (χ4v) is 0. The molecule has 2 radical (unpaired) electrons. The number of rotatable bonds is 0. The number of hydrogen-bond donors (Lipinski definition) is 0. The molecule has 0 fully saturated rings. The van der Waals surface area contributed by atoms with E-state index in [1.54, 1.807) is 0 Å². The monoisotopic (exact) mass is 310 g/mol. The van der Waals surface area contributed by atoms with Gasteiger partial charge in [-0.1, -0.05) is 0 Å². The molecule has 5 heteroatoms. The van der Waals surface area contributed by atoms with Crippen LogP contribution in [-0.4, -0.2) is 43.2 Å². The standard InChI is InChI=1S/Ca.Cu.La.H2O.Ti.2H/h;;;1H2;;;/q+2;;;;;2*-1. The Morgan fingerprint density at radius 2 is 1.20 bits per heavy atom. The molecular formula is H4CaCuLaOTi. The maximum absolute atomic E-state index is 0. The molecule has 0 aliphatic heterocycles. The molecule has 1 nitrogen and oxygen atoms in total. The van der Waals surface area contributed by atoms with Crippen LogP contribution in [0.1, 0.15) is 2.85 Å². The molecule has 0 aliphatic rings. The van der Waals surface area contributed by atoms with Gasteiger partial charge in [-0.15, -0.1) is 0 Å². The van der Waals surface area contributed by atoms with Gasteiger partial charge in [0.05, 0.1) is 0 Å². The van der Waals surface area contributed by atoms with Gasteiger partial charge >= 0.3 is 37.7 Å². The Hall–Kier alpha value is 3.65. The van der Waals surface area contributed by atoms with E-state index in [-0.39, 0.29) is 120 Å². The van der Waals surface area contributed by atoms with Crippen LogP contribution in [0, 0.1) is 35.6 Å². The summed E-state index contributed by atoms with van der Waals surface area (Å²) in [5, 5.41) is 0. The first-order valence-corrected chi connectivity index (χ1v) is 0. The largest absolute Gasteiger partial charge is 2.00 e. The van der Waals surface area contributed by atoms with E-state index in [0.717, 1.165) is 0 Å². The minimum Gasteiger partial charge on any atom is -1.00 e. The normalized spacial score (nSPS) is 0. The van der Waals surface area contributed by atoms with Crippen molar-refractivity contribution >= 4 is 37.7 Å². The van der Waals surface area contributed by atoms with Crippen molar-refractivity contribution in [2.75, 3.05) is 0 Å². The third kappa shape index (κ3) is 18.3. The quantitative estimate of drug-likeness (QED) is 0.515. The predicted molar refractivity (Wildman–Crippen MR) is 11.6 cm³/mol. The fourth-order valence-electron chi connectivity index (χ4n) is 0. The van der Waals surface area contributed by atoms with E-state index in [0.29, 0.717) is 0 Å². The van der Waals surface area contributed by atoms with Crippen LogP contribution in [0.5, 0.6) is 0 Å². The zero-order valence-electron chi connectivity index (χ0n) is 4.59. The Balaban J connectivity index is 0. The van der Waals surface area contributed by atoms with E-state index < -0.39 is 0 Å². The molecule has 0 aliphatic carbocycles. The molecule has 2 N–H and O–H groups in total. The molecule has 5 heavy (non-hydrogen) atoms. The van der Waals surface area contributed by atoms with Crippen molar-refractivity contribution in [2.45, 2.75) is 0 Å². The Bertz CT molecular complexity index is 17.7. The van der Waals surface area contributed by atoms with E-state index in [1.165, 1.54) is 0 Å². The molecule has 0 aromatic heterocycles. The van der Waals surface area contributed by atoms with Gasteiger partial charge in [-0.2, -0.15) is 0 Å². The van der Waals surface area contributed by atoms with Crippen molar-refractivity contribution in [3.63, 3.8) is 0 Å². The summed E-state index contributed by atoms with van der Waals surface area (Å²) < 4.78 is 0. The molecular weight excluding hydrogens is 306 g/mol. The number of hydrogen-bond acceptors (Lipinski definition) is 0. The molecule has 0 aromatic carbocycles. The van der Waals surface area contributed by atoms with Gasteiger partial charge in [0.2, 0.25) is 0 Å². The summed E-state index contributed by atoms with van der Waals surface area (Å²) in [6, 6.07) is 0. The van der Waals surface area contributed by atoms with Crippen LogP contribution in [0.3, 0.4) is 0 Å². The molecule has 0 saturated carbocycles. The summed E-state index contributed by atoms with van der Waals surface area (Å²) in [7, 11) is 0. The molecule has 30 valence electrons. The van der Waals surface area contributed by atoms with Crippen LogP contribution in [0.25, 0.3) is 0 Å². The average Bonchev–Trinajstić information content (AvgIpc) is 0. The minimum atomic E-state index is 0. The zero-order chi connectivity index (χ0) is 0. The zero-order valence-corrected chi connectivity index (χ0v) is 10.9. The van der Waals surface area contributed by atoms with Crippen LogP contribution < -0.4 is 0 Å². The van der Waals surface area contributed by atoms with E-state index >= 15 is 0 Å². The summed E-state index contributed by atoms with van der Waals surface area (Å²) in [5.41, 5.74) is 0. The fraction of sp³-hybridized carbons (Fsp3) is 0. The van der Waals surface area contributed by atoms with E-state index in [9.17, 15) is 0 Å². The molecule has 0 aromatic rings.